The van der Waals surface area contributed by atoms with Crippen LogP contribution in [-0.4, -0.2) is 33.8 Å². The number of nitrogens with one attached hydrogen (secondary N) is 2. The maximum Gasteiger partial charge on any atom is 0.289 e. The summed E-state index contributed by atoms with van der Waals surface area (Å²) < 4.78 is 1.62. The number of amides is 1. The van der Waals surface area contributed by atoms with E-state index in [2.05, 4.69) is 20.8 Å². The number of hydrogen-bond acceptors (Lipinski definition) is 4. The lowest BCUT2D eigenvalue weighted by Crippen LogP contribution is -2.33. The Morgan fingerprint density at radius 3 is 2.67 bits per heavy atom. The van der Waals surface area contributed by atoms with Crippen molar-refractivity contribution in [3.8, 4) is 0 Å². The first-order valence-corrected chi connectivity index (χ1v) is 4.98. The second-order valence-electron chi connectivity index (χ2n) is 3.44. The normalized spacial score (nSPS) is 12.3. The van der Waals surface area contributed by atoms with Crippen molar-refractivity contribution < 1.29 is 4.79 Å². The van der Waals surface area contributed by atoms with E-state index >= 15 is 0 Å². The fraction of sp³-hybridized carbons (Fsp3) is 0.667. The van der Waals surface area contributed by atoms with Gasteiger partial charge in [0.2, 0.25) is 11.8 Å². The molecule has 6 nitrogen and oxygen atoms in total. The minimum Gasteiger partial charge on any atom is -0.357 e. The van der Waals surface area contributed by atoms with Gasteiger partial charge < -0.3 is 10.6 Å². The molecule has 1 aromatic heterocycles. The number of carbonyl (C=O) groups is 1. The highest BCUT2D eigenvalue weighted by atomic mass is 16.2. The summed E-state index contributed by atoms with van der Waals surface area (Å²) >= 11 is 0. The van der Waals surface area contributed by atoms with E-state index in [1.165, 1.54) is 0 Å². The van der Waals surface area contributed by atoms with Crippen LogP contribution in [0.3, 0.4) is 0 Å². The van der Waals surface area contributed by atoms with Gasteiger partial charge in [0.15, 0.2) is 0 Å². The highest BCUT2D eigenvalue weighted by Gasteiger charge is 2.16. The monoisotopic (exact) mass is 211 g/mol. The molecule has 0 saturated carbocycles. The number of rotatable bonds is 4. The fourth-order valence-corrected chi connectivity index (χ4v) is 1.14. The molecular weight excluding hydrogens is 194 g/mol. The average molecular weight is 211 g/mol. The molecule has 1 atom stereocenters. The maximum atomic E-state index is 11.7. The Morgan fingerprint density at radius 2 is 2.20 bits per heavy atom. The summed E-state index contributed by atoms with van der Waals surface area (Å²) in [5.74, 6) is 0.699. The van der Waals surface area contributed by atoms with Crippen molar-refractivity contribution in [2.45, 2.75) is 26.3 Å². The lowest BCUT2D eigenvalue weighted by Gasteiger charge is -2.10. The third-order valence-corrected chi connectivity index (χ3v) is 2.29. The maximum absolute atomic E-state index is 11.7. The van der Waals surface area contributed by atoms with E-state index in [-0.39, 0.29) is 11.9 Å². The quantitative estimate of drug-likeness (QED) is 0.755. The molecule has 84 valence electrons. The Kier molecular flexibility index (Phi) is 3.65. The topological polar surface area (TPSA) is 71.8 Å². The van der Waals surface area contributed by atoms with E-state index in [9.17, 15) is 4.79 Å². The van der Waals surface area contributed by atoms with E-state index in [4.69, 9.17) is 0 Å². The van der Waals surface area contributed by atoms with Crippen LogP contribution in [0.1, 0.15) is 30.9 Å². The standard InChI is InChI=1S/C9H17N5O/c1-5-6(2)11-8(15)7-12-13-9(10-3)14(7)4/h6H,5H2,1-4H3,(H,10,13)(H,11,15). The minimum absolute atomic E-state index is 0.146. The number of hydrogen-bond donors (Lipinski definition) is 2. The third kappa shape index (κ3) is 2.45. The zero-order valence-electron chi connectivity index (χ0n) is 9.53. The van der Waals surface area contributed by atoms with Crippen molar-refractivity contribution in [3.05, 3.63) is 5.82 Å². The molecule has 0 aliphatic heterocycles. The van der Waals surface area contributed by atoms with Crippen molar-refractivity contribution in [1.29, 1.82) is 0 Å². The summed E-state index contributed by atoms with van der Waals surface area (Å²) in [6.07, 6.45) is 0.891. The summed E-state index contributed by atoms with van der Waals surface area (Å²) in [6.45, 7) is 3.97. The second-order valence-corrected chi connectivity index (χ2v) is 3.44. The van der Waals surface area contributed by atoms with Crippen LogP contribution in [0.25, 0.3) is 0 Å². The Bertz CT molecular complexity index is 346. The van der Waals surface area contributed by atoms with Crippen molar-refractivity contribution in [3.63, 3.8) is 0 Å². The second kappa shape index (κ2) is 4.77. The van der Waals surface area contributed by atoms with Gasteiger partial charge in [-0.25, -0.2) is 0 Å². The average Bonchev–Trinajstić information content (AvgIpc) is 2.59. The predicted molar refractivity (Wildman–Crippen MR) is 57.8 cm³/mol. The first-order chi connectivity index (χ1) is 7.10. The van der Waals surface area contributed by atoms with E-state index in [0.717, 1.165) is 6.42 Å². The lowest BCUT2D eigenvalue weighted by atomic mass is 10.2. The molecule has 1 heterocycles. The zero-order chi connectivity index (χ0) is 11.4. The highest BCUT2D eigenvalue weighted by molar-refractivity contribution is 5.91. The van der Waals surface area contributed by atoms with Crippen LogP contribution >= 0.6 is 0 Å². The van der Waals surface area contributed by atoms with Crippen LogP contribution in [0.2, 0.25) is 0 Å². The van der Waals surface area contributed by atoms with Gasteiger partial charge >= 0.3 is 0 Å². The predicted octanol–water partition coefficient (Wildman–Crippen LogP) is 0.385. The Balaban J connectivity index is 2.78. The van der Waals surface area contributed by atoms with E-state index < -0.39 is 0 Å². The summed E-state index contributed by atoms with van der Waals surface area (Å²) in [4.78, 5) is 11.7. The van der Waals surface area contributed by atoms with Crippen LogP contribution in [0.15, 0.2) is 0 Å². The van der Waals surface area contributed by atoms with Gasteiger partial charge in [-0.3, -0.25) is 9.36 Å². The van der Waals surface area contributed by atoms with Crippen LogP contribution in [0, 0.1) is 0 Å². The molecule has 0 radical (unpaired) electrons. The fourth-order valence-electron chi connectivity index (χ4n) is 1.14. The third-order valence-electron chi connectivity index (χ3n) is 2.29. The molecule has 15 heavy (non-hydrogen) atoms. The van der Waals surface area contributed by atoms with Crippen molar-refractivity contribution >= 4 is 11.9 Å². The molecule has 0 saturated heterocycles. The first kappa shape index (κ1) is 11.5. The summed E-state index contributed by atoms with van der Waals surface area (Å²) in [5.41, 5.74) is 0. The van der Waals surface area contributed by atoms with Crippen molar-refractivity contribution in [1.82, 2.24) is 20.1 Å². The molecule has 0 bridgehead atoms. The van der Waals surface area contributed by atoms with Gasteiger partial charge in [-0.15, -0.1) is 10.2 Å². The molecule has 0 spiro atoms. The molecule has 1 rings (SSSR count). The van der Waals surface area contributed by atoms with Crippen LogP contribution in [-0.2, 0) is 7.05 Å². The molecule has 2 N–H and O–H groups in total. The van der Waals surface area contributed by atoms with Gasteiger partial charge in [-0.05, 0) is 13.3 Å². The number of carbonyl (C=O) groups excluding carboxylic acids is 1. The van der Waals surface area contributed by atoms with Gasteiger partial charge in [0, 0.05) is 20.1 Å². The highest BCUT2D eigenvalue weighted by Crippen LogP contribution is 2.03. The molecule has 1 aromatic rings. The SMILES string of the molecule is CCC(C)NC(=O)c1nnc(NC)n1C. The first-order valence-electron chi connectivity index (χ1n) is 4.98. The molecule has 0 aromatic carbocycles. The number of nitrogens with zero attached hydrogens (tertiary/aromatic N) is 3. The van der Waals surface area contributed by atoms with Gasteiger partial charge in [0.05, 0.1) is 0 Å². The van der Waals surface area contributed by atoms with Crippen LogP contribution in [0.4, 0.5) is 5.95 Å². The van der Waals surface area contributed by atoms with Crippen LogP contribution < -0.4 is 10.6 Å². The van der Waals surface area contributed by atoms with Gasteiger partial charge in [-0.2, -0.15) is 0 Å². The molecule has 0 aliphatic rings. The van der Waals surface area contributed by atoms with Gasteiger partial charge in [0.1, 0.15) is 0 Å². The van der Waals surface area contributed by atoms with Gasteiger partial charge in [0.25, 0.3) is 5.91 Å². The molecule has 6 heteroatoms. The van der Waals surface area contributed by atoms with E-state index in [1.807, 2.05) is 13.8 Å². The Hall–Kier alpha value is -1.59. The molecule has 0 aliphatic carbocycles. The molecule has 1 amide bonds. The minimum atomic E-state index is -0.194. The number of aromatic nitrogens is 3. The van der Waals surface area contributed by atoms with Crippen LogP contribution in [0.5, 0.6) is 0 Å². The summed E-state index contributed by atoms with van der Waals surface area (Å²) in [7, 11) is 3.48. The zero-order valence-corrected chi connectivity index (χ0v) is 9.53. The molecule has 0 fully saturated rings. The Morgan fingerprint density at radius 1 is 1.53 bits per heavy atom. The van der Waals surface area contributed by atoms with Crippen molar-refractivity contribution in [2.75, 3.05) is 12.4 Å². The largest absolute Gasteiger partial charge is 0.357 e. The summed E-state index contributed by atoms with van der Waals surface area (Å²) in [5, 5.41) is 13.3. The molecule has 1 unspecified atom stereocenters. The summed E-state index contributed by atoms with van der Waals surface area (Å²) in [6, 6.07) is 0.146. The lowest BCUT2D eigenvalue weighted by molar-refractivity contribution is 0.0925. The molecular formula is C9H17N5O. The van der Waals surface area contributed by atoms with Gasteiger partial charge in [-0.1, -0.05) is 6.92 Å². The van der Waals surface area contributed by atoms with Crippen molar-refractivity contribution in [2.24, 2.45) is 7.05 Å². The van der Waals surface area contributed by atoms with E-state index in [0.29, 0.717) is 11.8 Å². The Labute approximate surface area is 89.1 Å². The smallest absolute Gasteiger partial charge is 0.289 e. The van der Waals surface area contributed by atoms with E-state index in [1.54, 1.807) is 18.7 Å². The number of anilines is 1.